The summed E-state index contributed by atoms with van der Waals surface area (Å²) in [5, 5.41) is 9.60. The van der Waals surface area contributed by atoms with Gasteiger partial charge in [-0.15, -0.1) is 0 Å². The second-order valence-electron chi connectivity index (χ2n) is 0.824. The molecule has 43 valence electrons. The van der Waals surface area contributed by atoms with Gasteiger partial charge in [-0.1, -0.05) is 0 Å². The van der Waals surface area contributed by atoms with Crippen molar-refractivity contribution in [1.82, 2.24) is 15.4 Å². The van der Waals surface area contributed by atoms with Gasteiger partial charge in [-0.2, -0.15) is 0 Å². The Hall–Kier alpha value is 0.00948. The zero-order valence-corrected chi connectivity index (χ0v) is 5.06. The van der Waals surface area contributed by atoms with Gasteiger partial charge in [-0.3, -0.25) is 0 Å². The van der Waals surface area contributed by atoms with E-state index >= 15 is 0 Å². The van der Waals surface area contributed by atoms with Gasteiger partial charge in [-0.05, 0) is 0 Å². The predicted octanol–water partition coefficient (Wildman–Crippen LogP) is -0.643. The molecular weight excluding hydrogens is 162 g/mol. The average Bonchev–Trinajstić information content (AvgIpc) is 2.14. The quantitative estimate of drug-likeness (QED) is 0.428. The number of aromatic nitrogens is 3. The Kier molecular flexibility index (Phi) is 1.73. The molecule has 0 aliphatic heterocycles. The summed E-state index contributed by atoms with van der Waals surface area (Å²) >= 11 is 5.20. The maximum absolute atomic E-state index is 3.86. The standard InChI is InChI=1S/C2H2N3.Cu.H2S/c1-2-4-5-3-1;;/h1H,(H,3,4,5);;1H2/q;+1;/p-1. The Morgan fingerprint density at radius 2 is 2.71 bits per heavy atom. The van der Waals surface area contributed by atoms with Gasteiger partial charge in [0.1, 0.15) is 0 Å². The van der Waals surface area contributed by atoms with Crippen molar-refractivity contribution in [2.45, 2.75) is 0 Å². The van der Waals surface area contributed by atoms with Crippen LogP contribution in [0.4, 0.5) is 0 Å². The number of hydrogen-bond acceptors (Lipinski definition) is 3. The summed E-state index contributed by atoms with van der Waals surface area (Å²) in [4.78, 5) is 0. The van der Waals surface area contributed by atoms with Gasteiger partial charge < -0.3 is 0 Å². The fraction of sp³-hybridized carbons (Fsp3) is 0. The summed E-state index contributed by atoms with van der Waals surface area (Å²) in [7, 11) is 0. The molecule has 1 rings (SSSR count). The molecule has 0 bridgehead atoms. The summed E-state index contributed by atoms with van der Waals surface area (Å²) in [6.45, 7) is 0. The molecule has 5 heteroatoms. The zero-order valence-electron chi connectivity index (χ0n) is 3.22. The topological polar surface area (TPSA) is 41.6 Å². The van der Waals surface area contributed by atoms with Crippen LogP contribution in [-0.4, -0.2) is 15.4 Å². The van der Waals surface area contributed by atoms with Crippen molar-refractivity contribution in [3.05, 3.63) is 6.20 Å². The van der Waals surface area contributed by atoms with Crippen LogP contribution in [0, 0.1) is 0 Å². The molecule has 0 aliphatic carbocycles. The molecule has 3 nitrogen and oxygen atoms in total. The van der Waals surface area contributed by atoms with E-state index in [-0.39, 0.29) is 0 Å². The zero-order chi connectivity index (χ0) is 5.11. The Morgan fingerprint density at radius 3 is 3.00 bits per heavy atom. The third kappa shape index (κ3) is 1.19. The molecule has 1 aromatic heterocycles. The fourth-order valence-electron chi connectivity index (χ4n) is 0.212. The molecule has 0 aliphatic rings. The Bertz CT molecular complexity index is 127. The van der Waals surface area contributed by atoms with Crippen molar-refractivity contribution in [3.8, 4) is 0 Å². The molecule has 0 radical (unpaired) electrons. The molecule has 1 aromatic rings. The Balaban J connectivity index is 2.76. The van der Waals surface area contributed by atoms with E-state index in [0.29, 0.717) is 0 Å². The predicted molar refractivity (Wildman–Crippen MR) is 25.0 cm³/mol. The summed E-state index contributed by atoms with van der Waals surface area (Å²) in [5.41, 5.74) is 0. The van der Waals surface area contributed by atoms with Gasteiger partial charge in [0, 0.05) is 0 Å². The van der Waals surface area contributed by atoms with E-state index in [1.807, 2.05) is 0 Å². The first-order valence-electron chi connectivity index (χ1n) is 1.51. The van der Waals surface area contributed by atoms with E-state index in [4.69, 9.17) is 0 Å². The molecule has 1 N–H and O–H groups in total. The van der Waals surface area contributed by atoms with Crippen LogP contribution in [0.5, 0.6) is 0 Å². The molecule has 0 atom stereocenters. The van der Waals surface area contributed by atoms with Crippen molar-refractivity contribution in [3.63, 3.8) is 0 Å². The molecule has 0 saturated carbocycles. The van der Waals surface area contributed by atoms with Crippen LogP contribution in [0.15, 0.2) is 6.20 Å². The van der Waals surface area contributed by atoms with Crippen LogP contribution in [0.1, 0.15) is 0 Å². The molecule has 0 aromatic carbocycles. The van der Waals surface area contributed by atoms with Crippen LogP contribution in [0.3, 0.4) is 0 Å². The first-order valence-corrected chi connectivity index (χ1v) is 3.51. The number of aromatic amines is 1. The number of rotatable bonds is 1. The van der Waals surface area contributed by atoms with Crippen molar-refractivity contribution >= 4 is 15.6 Å². The number of hydrogen-bond donors (Lipinski definition) is 2. The van der Waals surface area contributed by atoms with Crippen molar-refractivity contribution < 1.29 is 13.8 Å². The number of H-pyrrole nitrogens is 1. The summed E-state index contributed by atoms with van der Waals surface area (Å²) in [6, 6.07) is 0. The SMILES string of the molecule is [SH][Cu][c]1c[nH]nn1. The molecular formula is C2H3CuN3S. The molecule has 0 saturated heterocycles. The summed E-state index contributed by atoms with van der Waals surface area (Å²) in [6.07, 6.45) is 1.67. The first kappa shape index (κ1) is 5.15. The number of thiol groups is 1. The van der Waals surface area contributed by atoms with Crippen LogP contribution in [0.25, 0.3) is 0 Å². The molecule has 0 amide bonds. The van der Waals surface area contributed by atoms with Crippen LogP contribution >= 0.6 is 11.0 Å². The average molecular weight is 165 g/mol. The second-order valence-corrected chi connectivity index (χ2v) is 2.07. The Morgan fingerprint density at radius 1 is 1.86 bits per heavy atom. The molecule has 0 unspecified atom stereocenters. The third-order valence-electron chi connectivity index (χ3n) is 0.437. The van der Waals surface area contributed by atoms with Crippen LogP contribution < -0.4 is 4.59 Å². The van der Waals surface area contributed by atoms with E-state index in [9.17, 15) is 0 Å². The van der Waals surface area contributed by atoms with E-state index in [1.54, 1.807) is 6.20 Å². The van der Waals surface area contributed by atoms with Gasteiger partial charge in [0.25, 0.3) is 0 Å². The van der Waals surface area contributed by atoms with Crippen LogP contribution in [-0.2, 0) is 13.8 Å². The summed E-state index contributed by atoms with van der Waals surface area (Å²) in [5.74, 6) is 0. The molecule has 0 fully saturated rings. The van der Waals surface area contributed by atoms with Gasteiger partial charge in [0.15, 0.2) is 0 Å². The normalized spacial score (nSPS) is 9.86. The Labute approximate surface area is 51.5 Å². The van der Waals surface area contributed by atoms with E-state index in [0.717, 1.165) is 4.59 Å². The first-order chi connectivity index (χ1) is 3.43. The molecule has 7 heavy (non-hydrogen) atoms. The van der Waals surface area contributed by atoms with E-state index < -0.39 is 0 Å². The minimum absolute atomic E-state index is 0.784. The van der Waals surface area contributed by atoms with Crippen molar-refractivity contribution in [1.29, 1.82) is 0 Å². The molecule has 1 heterocycles. The maximum atomic E-state index is 3.86. The fourth-order valence-corrected chi connectivity index (χ4v) is 0.694. The minimum atomic E-state index is 0.784. The van der Waals surface area contributed by atoms with Crippen molar-refractivity contribution in [2.75, 3.05) is 0 Å². The van der Waals surface area contributed by atoms with E-state index in [2.05, 4.69) is 26.5 Å². The second kappa shape index (κ2) is 2.35. The van der Waals surface area contributed by atoms with Crippen molar-refractivity contribution in [2.24, 2.45) is 0 Å². The van der Waals surface area contributed by atoms with Gasteiger partial charge in [0.05, 0.1) is 0 Å². The third-order valence-corrected chi connectivity index (χ3v) is 1.45. The van der Waals surface area contributed by atoms with Crippen LogP contribution in [0.2, 0.25) is 0 Å². The van der Waals surface area contributed by atoms with Gasteiger partial charge in [0.2, 0.25) is 0 Å². The van der Waals surface area contributed by atoms with Gasteiger partial charge in [-0.25, -0.2) is 0 Å². The summed E-state index contributed by atoms with van der Waals surface area (Å²) < 4.78 is 0.784. The molecule has 0 spiro atoms. The number of nitrogens with one attached hydrogen (secondary N) is 1. The van der Waals surface area contributed by atoms with Gasteiger partial charge >= 0.3 is 51.1 Å². The number of nitrogens with zero attached hydrogens (tertiary/aromatic N) is 2. The monoisotopic (exact) mass is 164 g/mol. The van der Waals surface area contributed by atoms with E-state index in [1.165, 1.54) is 13.8 Å².